The van der Waals surface area contributed by atoms with Crippen molar-refractivity contribution in [3.05, 3.63) is 70.9 Å². The van der Waals surface area contributed by atoms with Gasteiger partial charge in [-0.1, -0.05) is 41.9 Å². The first-order valence-corrected chi connectivity index (χ1v) is 7.64. The van der Waals surface area contributed by atoms with Gasteiger partial charge in [-0.2, -0.15) is 5.10 Å². The molecule has 120 valence electrons. The fourth-order valence-corrected chi connectivity index (χ4v) is 2.66. The van der Waals surface area contributed by atoms with Crippen molar-refractivity contribution in [1.82, 2.24) is 9.99 Å². The largest absolute Gasteiger partial charge is 0.287 e. The molecule has 0 spiro atoms. The predicted molar refractivity (Wildman–Crippen MR) is 94.8 cm³/mol. The van der Waals surface area contributed by atoms with Gasteiger partial charge in [0, 0.05) is 24.1 Å². The molecule has 3 rings (SSSR count). The quantitative estimate of drug-likeness (QED) is 0.584. The highest BCUT2D eigenvalue weighted by atomic mass is 35.5. The molecule has 5 nitrogen and oxygen atoms in total. The molecule has 0 aliphatic heterocycles. The molecule has 0 atom stereocenters. The van der Waals surface area contributed by atoms with E-state index in [0.717, 1.165) is 16.5 Å². The number of fused-ring (bicyclic) bond motifs is 1. The van der Waals surface area contributed by atoms with Crippen LogP contribution >= 0.6 is 11.6 Å². The Morgan fingerprint density at radius 3 is 2.58 bits per heavy atom. The lowest BCUT2D eigenvalue weighted by molar-refractivity contribution is 0.0937. The molecule has 0 bridgehead atoms. The van der Waals surface area contributed by atoms with Crippen molar-refractivity contribution in [2.75, 3.05) is 0 Å². The van der Waals surface area contributed by atoms with E-state index < -0.39 is 5.91 Å². The zero-order chi connectivity index (χ0) is 17.1. The van der Waals surface area contributed by atoms with E-state index >= 15 is 0 Å². The number of hydrogen-bond acceptors (Lipinski definition) is 3. The summed E-state index contributed by atoms with van der Waals surface area (Å²) in [5, 5.41) is 5.21. The van der Waals surface area contributed by atoms with Crippen LogP contribution in [0.5, 0.6) is 0 Å². The maximum atomic E-state index is 12.1. The third-order valence-corrected chi connectivity index (χ3v) is 3.90. The lowest BCUT2D eigenvalue weighted by atomic mass is 10.2. The number of amides is 1. The van der Waals surface area contributed by atoms with Crippen LogP contribution in [0, 0.1) is 0 Å². The number of benzene rings is 2. The summed E-state index contributed by atoms with van der Waals surface area (Å²) < 4.78 is 1.55. The van der Waals surface area contributed by atoms with Crippen LogP contribution in [0.3, 0.4) is 0 Å². The summed E-state index contributed by atoms with van der Waals surface area (Å²) in [5.41, 5.74) is 4.32. The molecule has 0 saturated heterocycles. The number of carbonyl (C=O) groups is 2. The van der Waals surface area contributed by atoms with E-state index in [1.54, 1.807) is 35.0 Å². The van der Waals surface area contributed by atoms with Crippen molar-refractivity contribution in [2.24, 2.45) is 5.10 Å². The number of nitrogens with one attached hydrogen (secondary N) is 1. The molecule has 0 saturated carbocycles. The van der Waals surface area contributed by atoms with Crippen molar-refractivity contribution in [1.29, 1.82) is 0 Å². The number of aromatic nitrogens is 1. The number of para-hydroxylation sites is 1. The van der Waals surface area contributed by atoms with Gasteiger partial charge in [-0.25, -0.2) is 5.43 Å². The van der Waals surface area contributed by atoms with E-state index in [-0.39, 0.29) is 5.91 Å². The maximum Gasteiger partial charge on any atom is 0.272 e. The van der Waals surface area contributed by atoms with E-state index in [9.17, 15) is 9.59 Å². The summed E-state index contributed by atoms with van der Waals surface area (Å²) in [5.74, 6) is -0.488. The summed E-state index contributed by atoms with van der Waals surface area (Å²) in [7, 11) is 0. The number of carbonyl (C=O) groups excluding carboxylic acids is 2. The molecule has 1 heterocycles. The van der Waals surface area contributed by atoms with Crippen LogP contribution in [0.15, 0.2) is 59.8 Å². The molecule has 6 heteroatoms. The Hall–Kier alpha value is -2.92. The molecule has 1 aromatic heterocycles. The number of nitrogens with zero attached hydrogens (tertiary/aromatic N) is 2. The molecule has 0 unspecified atom stereocenters. The summed E-state index contributed by atoms with van der Waals surface area (Å²) >= 11 is 5.98. The zero-order valence-corrected chi connectivity index (χ0v) is 13.6. The van der Waals surface area contributed by atoms with Gasteiger partial charge in [-0.05, 0) is 18.2 Å². The molecule has 1 N–H and O–H groups in total. The third-order valence-electron chi connectivity index (χ3n) is 3.57. The van der Waals surface area contributed by atoms with E-state index in [2.05, 4.69) is 10.5 Å². The Labute approximate surface area is 143 Å². The zero-order valence-electron chi connectivity index (χ0n) is 12.9. The molecule has 0 radical (unpaired) electrons. The average Bonchev–Trinajstić information content (AvgIpc) is 2.94. The van der Waals surface area contributed by atoms with Crippen LogP contribution in [0.2, 0.25) is 5.02 Å². The molecule has 0 aliphatic rings. The van der Waals surface area contributed by atoms with E-state index in [1.165, 1.54) is 13.1 Å². The number of rotatable bonds is 3. The lowest BCUT2D eigenvalue weighted by Crippen LogP contribution is -2.17. The lowest BCUT2D eigenvalue weighted by Gasteiger charge is -2.01. The minimum atomic E-state index is -0.396. The molecule has 0 fully saturated rings. The molecule has 3 aromatic rings. The van der Waals surface area contributed by atoms with Crippen LogP contribution in [-0.2, 0) is 0 Å². The second-order valence-electron chi connectivity index (χ2n) is 5.17. The first-order chi connectivity index (χ1) is 11.6. The minimum absolute atomic E-state index is 0.0917. The highest BCUT2D eigenvalue weighted by Gasteiger charge is 2.10. The first-order valence-electron chi connectivity index (χ1n) is 7.27. The van der Waals surface area contributed by atoms with Crippen molar-refractivity contribution in [3.63, 3.8) is 0 Å². The Bertz CT molecular complexity index is 960. The fraction of sp³-hybridized carbons (Fsp3) is 0.0556. The SMILES string of the molecule is CC(=O)n1cc(/C=N\NC(=O)c2ccccc2Cl)c2ccccc21. The predicted octanol–water partition coefficient (Wildman–Crippen LogP) is 3.72. The second kappa shape index (κ2) is 6.68. The monoisotopic (exact) mass is 339 g/mol. The summed E-state index contributed by atoms with van der Waals surface area (Å²) in [6.07, 6.45) is 3.20. The molecule has 24 heavy (non-hydrogen) atoms. The fourth-order valence-electron chi connectivity index (χ4n) is 2.44. The van der Waals surface area contributed by atoms with Crippen molar-refractivity contribution < 1.29 is 9.59 Å². The summed E-state index contributed by atoms with van der Waals surface area (Å²) in [4.78, 5) is 23.8. The normalized spacial score (nSPS) is 11.1. The number of hydrogen-bond donors (Lipinski definition) is 1. The molecule has 2 aromatic carbocycles. The Morgan fingerprint density at radius 2 is 1.83 bits per heavy atom. The van der Waals surface area contributed by atoms with Gasteiger partial charge in [0.1, 0.15) is 0 Å². The Kier molecular flexibility index (Phi) is 4.44. The van der Waals surface area contributed by atoms with Gasteiger partial charge in [-0.3, -0.25) is 14.2 Å². The van der Waals surface area contributed by atoms with E-state index in [1.807, 2.05) is 24.3 Å². The van der Waals surface area contributed by atoms with Crippen LogP contribution in [-0.4, -0.2) is 22.6 Å². The summed E-state index contributed by atoms with van der Waals surface area (Å²) in [6.45, 7) is 1.49. The molecular formula is C18H14ClN3O2. The van der Waals surface area contributed by atoms with Gasteiger partial charge >= 0.3 is 0 Å². The number of hydrazone groups is 1. The standard InChI is InChI=1S/C18H14ClN3O2/c1-12(23)22-11-13(14-6-3-5-9-17(14)22)10-20-21-18(24)15-7-2-4-8-16(15)19/h2-11H,1H3,(H,21,24)/b20-10-. The van der Waals surface area contributed by atoms with E-state index in [0.29, 0.717) is 10.6 Å². The second-order valence-corrected chi connectivity index (χ2v) is 5.58. The first kappa shape index (κ1) is 16.0. The van der Waals surface area contributed by atoms with E-state index in [4.69, 9.17) is 11.6 Å². The van der Waals surface area contributed by atoms with Crippen LogP contribution in [0.25, 0.3) is 10.9 Å². The van der Waals surface area contributed by atoms with Gasteiger partial charge in [0.05, 0.1) is 22.3 Å². The van der Waals surface area contributed by atoms with Crippen LogP contribution in [0.1, 0.15) is 27.6 Å². The Morgan fingerprint density at radius 1 is 1.12 bits per heavy atom. The average molecular weight is 340 g/mol. The smallest absolute Gasteiger partial charge is 0.272 e. The van der Waals surface area contributed by atoms with Gasteiger partial charge < -0.3 is 0 Å². The molecule has 0 aliphatic carbocycles. The van der Waals surface area contributed by atoms with Gasteiger partial charge in [0.15, 0.2) is 0 Å². The van der Waals surface area contributed by atoms with Crippen molar-refractivity contribution in [3.8, 4) is 0 Å². The maximum absolute atomic E-state index is 12.1. The van der Waals surface area contributed by atoms with Crippen LogP contribution in [0.4, 0.5) is 0 Å². The molecule has 1 amide bonds. The van der Waals surface area contributed by atoms with Gasteiger partial charge in [-0.15, -0.1) is 0 Å². The highest BCUT2D eigenvalue weighted by Crippen LogP contribution is 2.20. The Balaban J connectivity index is 1.85. The highest BCUT2D eigenvalue weighted by molar-refractivity contribution is 6.33. The topological polar surface area (TPSA) is 63.5 Å². The summed E-state index contributed by atoms with van der Waals surface area (Å²) in [6, 6.07) is 14.2. The number of halogens is 1. The minimum Gasteiger partial charge on any atom is -0.287 e. The molecular weight excluding hydrogens is 326 g/mol. The third kappa shape index (κ3) is 3.07. The van der Waals surface area contributed by atoms with Gasteiger partial charge in [0.25, 0.3) is 5.91 Å². The van der Waals surface area contributed by atoms with Crippen molar-refractivity contribution in [2.45, 2.75) is 6.92 Å². The van der Waals surface area contributed by atoms with Crippen molar-refractivity contribution >= 4 is 40.5 Å². The van der Waals surface area contributed by atoms with Crippen LogP contribution < -0.4 is 5.43 Å². The van der Waals surface area contributed by atoms with Gasteiger partial charge in [0.2, 0.25) is 5.91 Å².